The second kappa shape index (κ2) is 7.92. The van der Waals surface area contributed by atoms with Crippen molar-refractivity contribution in [3.8, 4) is 0 Å². The zero-order valence-corrected chi connectivity index (χ0v) is 15.6. The Kier molecular flexibility index (Phi) is 5.21. The quantitative estimate of drug-likeness (QED) is 0.443. The molecule has 0 radical (unpaired) electrons. The SMILES string of the molecule is Cn1cc(CCCCN2CC=CC(c3ccccc3)C2)c2ccccc21. The van der Waals surface area contributed by atoms with E-state index in [9.17, 15) is 0 Å². The van der Waals surface area contributed by atoms with E-state index in [1.165, 1.54) is 47.8 Å². The zero-order chi connectivity index (χ0) is 17.8. The third-order valence-corrected chi connectivity index (χ3v) is 5.56. The summed E-state index contributed by atoms with van der Waals surface area (Å²) in [6.45, 7) is 3.44. The number of benzene rings is 2. The smallest absolute Gasteiger partial charge is 0.0480 e. The lowest BCUT2D eigenvalue weighted by Crippen LogP contribution is -2.32. The first kappa shape index (κ1) is 17.1. The topological polar surface area (TPSA) is 8.17 Å². The van der Waals surface area contributed by atoms with Crippen molar-refractivity contribution in [2.45, 2.75) is 25.2 Å². The highest BCUT2D eigenvalue weighted by Crippen LogP contribution is 2.23. The highest BCUT2D eigenvalue weighted by Gasteiger charge is 2.16. The van der Waals surface area contributed by atoms with Crippen LogP contribution in [0.5, 0.6) is 0 Å². The Morgan fingerprint density at radius 3 is 2.65 bits per heavy atom. The van der Waals surface area contributed by atoms with Crippen LogP contribution in [0.1, 0.15) is 29.9 Å². The Morgan fingerprint density at radius 2 is 1.77 bits per heavy atom. The maximum absolute atomic E-state index is 2.60. The Morgan fingerprint density at radius 1 is 0.962 bits per heavy atom. The van der Waals surface area contributed by atoms with Gasteiger partial charge in [0.25, 0.3) is 0 Å². The Labute approximate surface area is 156 Å². The molecule has 0 fully saturated rings. The molecule has 26 heavy (non-hydrogen) atoms. The molecule has 1 aliphatic heterocycles. The lowest BCUT2D eigenvalue weighted by Gasteiger charge is -2.29. The van der Waals surface area contributed by atoms with Crippen LogP contribution in [0.2, 0.25) is 0 Å². The highest BCUT2D eigenvalue weighted by atomic mass is 15.1. The molecule has 0 amide bonds. The van der Waals surface area contributed by atoms with Crippen LogP contribution in [0, 0.1) is 0 Å². The molecule has 0 spiro atoms. The predicted molar refractivity (Wildman–Crippen MR) is 111 cm³/mol. The summed E-state index contributed by atoms with van der Waals surface area (Å²) in [4.78, 5) is 2.60. The number of para-hydroxylation sites is 1. The van der Waals surface area contributed by atoms with Gasteiger partial charge in [0, 0.05) is 43.2 Å². The molecular formula is C24H28N2. The minimum absolute atomic E-state index is 0.544. The number of rotatable bonds is 6. The molecule has 0 aliphatic carbocycles. The van der Waals surface area contributed by atoms with Crippen molar-refractivity contribution in [3.63, 3.8) is 0 Å². The maximum Gasteiger partial charge on any atom is 0.0480 e. The van der Waals surface area contributed by atoms with Gasteiger partial charge in [0.2, 0.25) is 0 Å². The van der Waals surface area contributed by atoms with Crippen molar-refractivity contribution in [1.82, 2.24) is 9.47 Å². The van der Waals surface area contributed by atoms with Crippen molar-refractivity contribution in [3.05, 3.63) is 84.1 Å². The van der Waals surface area contributed by atoms with Gasteiger partial charge in [-0.1, -0.05) is 60.7 Å². The summed E-state index contributed by atoms with van der Waals surface area (Å²) >= 11 is 0. The number of fused-ring (bicyclic) bond motifs is 1. The summed E-state index contributed by atoms with van der Waals surface area (Å²) < 4.78 is 2.25. The molecule has 1 atom stereocenters. The molecule has 2 nitrogen and oxygen atoms in total. The van der Waals surface area contributed by atoms with E-state index in [0.29, 0.717) is 5.92 Å². The molecule has 1 aliphatic rings. The van der Waals surface area contributed by atoms with Gasteiger partial charge in [0.05, 0.1) is 0 Å². The number of nitrogens with zero attached hydrogens (tertiary/aromatic N) is 2. The predicted octanol–water partition coefficient (Wildman–Crippen LogP) is 5.16. The second-order valence-electron chi connectivity index (χ2n) is 7.44. The normalized spacial score (nSPS) is 17.8. The van der Waals surface area contributed by atoms with E-state index < -0.39 is 0 Å². The molecule has 1 aromatic heterocycles. The molecule has 0 saturated carbocycles. The van der Waals surface area contributed by atoms with E-state index in [0.717, 1.165) is 13.1 Å². The first-order valence-electron chi connectivity index (χ1n) is 9.78. The number of aromatic nitrogens is 1. The average molecular weight is 345 g/mol. The first-order chi connectivity index (χ1) is 12.8. The maximum atomic E-state index is 2.60. The van der Waals surface area contributed by atoms with Crippen LogP contribution in [-0.2, 0) is 13.5 Å². The van der Waals surface area contributed by atoms with Crippen LogP contribution in [0.15, 0.2) is 72.9 Å². The molecule has 0 saturated heterocycles. The molecule has 2 heteroatoms. The minimum atomic E-state index is 0.544. The van der Waals surface area contributed by atoms with Crippen LogP contribution in [0.3, 0.4) is 0 Å². The molecule has 0 N–H and O–H groups in total. The molecule has 3 aromatic rings. The molecule has 134 valence electrons. The van der Waals surface area contributed by atoms with E-state index in [2.05, 4.69) is 89.5 Å². The van der Waals surface area contributed by atoms with Crippen LogP contribution < -0.4 is 0 Å². The molecule has 1 unspecified atom stereocenters. The van der Waals surface area contributed by atoms with Gasteiger partial charge in [0.15, 0.2) is 0 Å². The molecule has 0 bridgehead atoms. The molecule has 2 heterocycles. The standard InChI is InChI=1S/C24H28N2/c1-25-18-22(23-14-5-6-15-24(23)25)12-7-8-16-26-17-9-13-21(19-26)20-10-3-2-4-11-20/h2-6,9-11,13-15,18,21H,7-8,12,16-17,19H2,1H3. The Balaban J connectivity index is 1.29. The van der Waals surface area contributed by atoms with Crippen LogP contribution in [0.25, 0.3) is 10.9 Å². The third-order valence-electron chi connectivity index (χ3n) is 5.56. The number of hydrogen-bond acceptors (Lipinski definition) is 1. The van der Waals surface area contributed by atoms with Gasteiger partial charge in [0.1, 0.15) is 0 Å². The molecule has 4 rings (SSSR count). The largest absolute Gasteiger partial charge is 0.350 e. The average Bonchev–Trinajstić information content (AvgIpc) is 3.02. The van der Waals surface area contributed by atoms with E-state index in [1.54, 1.807) is 0 Å². The number of aryl methyl sites for hydroxylation is 2. The lowest BCUT2D eigenvalue weighted by atomic mass is 9.95. The summed E-state index contributed by atoms with van der Waals surface area (Å²) in [6.07, 6.45) is 10.7. The van der Waals surface area contributed by atoms with Gasteiger partial charge in [-0.05, 0) is 43.0 Å². The highest BCUT2D eigenvalue weighted by molar-refractivity contribution is 5.83. The Bertz CT molecular complexity index is 876. The van der Waals surface area contributed by atoms with E-state index in [-0.39, 0.29) is 0 Å². The fourth-order valence-electron chi connectivity index (χ4n) is 4.16. The van der Waals surface area contributed by atoms with Crippen molar-refractivity contribution in [2.75, 3.05) is 19.6 Å². The first-order valence-corrected chi connectivity index (χ1v) is 9.78. The second-order valence-corrected chi connectivity index (χ2v) is 7.44. The summed E-state index contributed by atoms with van der Waals surface area (Å²) in [5.74, 6) is 0.544. The van der Waals surface area contributed by atoms with E-state index in [1.807, 2.05) is 0 Å². The van der Waals surface area contributed by atoms with E-state index in [4.69, 9.17) is 0 Å². The van der Waals surface area contributed by atoms with Crippen molar-refractivity contribution >= 4 is 10.9 Å². The van der Waals surface area contributed by atoms with Crippen LogP contribution in [-0.4, -0.2) is 29.1 Å². The van der Waals surface area contributed by atoms with Gasteiger partial charge < -0.3 is 4.57 Å². The van der Waals surface area contributed by atoms with Crippen molar-refractivity contribution in [2.24, 2.45) is 7.05 Å². The zero-order valence-electron chi connectivity index (χ0n) is 15.6. The van der Waals surface area contributed by atoms with Gasteiger partial charge in [-0.3, -0.25) is 4.90 Å². The van der Waals surface area contributed by atoms with E-state index >= 15 is 0 Å². The fourth-order valence-corrected chi connectivity index (χ4v) is 4.16. The van der Waals surface area contributed by atoms with Gasteiger partial charge in [-0.25, -0.2) is 0 Å². The van der Waals surface area contributed by atoms with Crippen molar-refractivity contribution in [1.29, 1.82) is 0 Å². The summed E-state index contributed by atoms with van der Waals surface area (Å²) in [6, 6.07) is 19.6. The van der Waals surface area contributed by atoms with Crippen LogP contribution in [0.4, 0.5) is 0 Å². The van der Waals surface area contributed by atoms with Gasteiger partial charge in [-0.15, -0.1) is 0 Å². The summed E-state index contributed by atoms with van der Waals surface area (Å²) in [5, 5.41) is 1.42. The van der Waals surface area contributed by atoms with Crippen LogP contribution >= 0.6 is 0 Å². The minimum Gasteiger partial charge on any atom is -0.350 e. The monoisotopic (exact) mass is 344 g/mol. The number of hydrogen-bond donors (Lipinski definition) is 0. The van der Waals surface area contributed by atoms with Gasteiger partial charge in [-0.2, -0.15) is 0 Å². The third kappa shape index (κ3) is 3.76. The summed E-state index contributed by atoms with van der Waals surface area (Å²) in [5.41, 5.74) is 4.27. The number of unbranched alkanes of at least 4 members (excludes halogenated alkanes) is 1. The molecule has 2 aromatic carbocycles. The van der Waals surface area contributed by atoms with Gasteiger partial charge >= 0.3 is 0 Å². The molecular weight excluding hydrogens is 316 g/mol. The Hall–Kier alpha value is -2.32. The fraction of sp³-hybridized carbons (Fsp3) is 0.333. The summed E-state index contributed by atoms with van der Waals surface area (Å²) in [7, 11) is 2.15. The lowest BCUT2D eigenvalue weighted by molar-refractivity contribution is 0.278. The van der Waals surface area contributed by atoms with Crippen molar-refractivity contribution < 1.29 is 0 Å².